The van der Waals surface area contributed by atoms with Crippen LogP contribution in [0.5, 0.6) is 5.75 Å². The van der Waals surface area contributed by atoms with Gasteiger partial charge in [0.1, 0.15) is 5.75 Å². The molecule has 0 aliphatic heterocycles. The van der Waals surface area contributed by atoms with Gasteiger partial charge in [-0.25, -0.2) is 0 Å². The lowest BCUT2D eigenvalue weighted by Crippen LogP contribution is -2.29. The van der Waals surface area contributed by atoms with Gasteiger partial charge in [0.25, 0.3) is 0 Å². The first kappa shape index (κ1) is 31.5. The van der Waals surface area contributed by atoms with Crippen molar-refractivity contribution >= 4 is 17.7 Å². The molecular weight excluding hydrogens is 540 g/mol. The molecule has 0 saturated heterocycles. The third kappa shape index (κ3) is 11.7. The minimum absolute atomic E-state index is 0.0637. The Kier molecular flexibility index (Phi) is 12.8. The maximum absolute atomic E-state index is 12.3. The van der Waals surface area contributed by atoms with Crippen LogP contribution >= 0.6 is 0 Å². The average Bonchev–Trinajstić information content (AvgIpc) is 3.04. The van der Waals surface area contributed by atoms with Crippen molar-refractivity contribution in [1.29, 1.82) is 0 Å². The summed E-state index contributed by atoms with van der Waals surface area (Å²) in [6, 6.07) is 21.4. The second-order valence-corrected chi connectivity index (χ2v) is 10.8. The van der Waals surface area contributed by atoms with Gasteiger partial charge in [0.2, 0.25) is 17.7 Å². The van der Waals surface area contributed by atoms with Crippen LogP contribution in [-0.4, -0.2) is 42.4 Å². The van der Waals surface area contributed by atoms with Crippen LogP contribution in [-0.2, 0) is 27.3 Å². The Balaban J connectivity index is 1.06. The number of allylic oxidation sites excluding steroid dienone is 1. The number of ether oxygens (including phenoxy) is 1. The van der Waals surface area contributed by atoms with Gasteiger partial charge in [-0.2, -0.15) is 0 Å². The van der Waals surface area contributed by atoms with E-state index in [-0.39, 0.29) is 37.0 Å². The van der Waals surface area contributed by atoms with Crippen molar-refractivity contribution < 1.29 is 19.1 Å². The van der Waals surface area contributed by atoms with Gasteiger partial charge in [-0.05, 0) is 67.9 Å². The molecule has 3 aromatic rings. The minimum Gasteiger partial charge on any atom is -0.494 e. The molecule has 0 saturated carbocycles. The number of nitrogens with zero attached hydrogens (tertiary/aromatic N) is 1. The summed E-state index contributed by atoms with van der Waals surface area (Å²) in [4.78, 5) is 40.8. The lowest BCUT2D eigenvalue weighted by molar-refractivity contribution is -0.126. The van der Waals surface area contributed by atoms with E-state index in [1.807, 2.05) is 66.7 Å². The summed E-state index contributed by atoms with van der Waals surface area (Å²) in [5.41, 5.74) is 5.17. The predicted octanol–water partition coefficient (Wildman–Crippen LogP) is 5.28. The van der Waals surface area contributed by atoms with E-state index in [1.54, 1.807) is 6.20 Å². The zero-order valence-corrected chi connectivity index (χ0v) is 24.8. The van der Waals surface area contributed by atoms with E-state index in [2.05, 4.69) is 27.0 Å². The molecule has 0 bridgehead atoms. The standard InChI is InChI=1S/C35H42N4O4/c40-33(18-19-34(41)37-22-20-27-8-3-1-4-9-27)36-21-7-23-43-32-16-13-29(14-17-32)30-12-15-31(38-26-30)24-35(42)39-25-28-10-5-2-6-11-28/h2,5-6,8,10-17,26H,1,3-4,7,9,18-25H2,(H,36,40)(H,37,41)(H,39,42). The van der Waals surface area contributed by atoms with E-state index in [1.165, 1.54) is 18.4 Å². The molecule has 8 heteroatoms. The highest BCUT2D eigenvalue weighted by Gasteiger charge is 2.09. The van der Waals surface area contributed by atoms with Crippen molar-refractivity contribution in [3.63, 3.8) is 0 Å². The molecule has 4 rings (SSSR count). The summed E-state index contributed by atoms with van der Waals surface area (Å²) in [6.07, 6.45) is 11.1. The molecule has 2 aromatic carbocycles. The Morgan fingerprint density at radius 1 is 0.767 bits per heavy atom. The molecule has 0 fully saturated rings. The number of benzene rings is 2. The van der Waals surface area contributed by atoms with Crippen LogP contribution < -0.4 is 20.7 Å². The first-order valence-corrected chi connectivity index (χ1v) is 15.3. The number of aromatic nitrogens is 1. The van der Waals surface area contributed by atoms with E-state index in [0.29, 0.717) is 38.4 Å². The Morgan fingerprint density at radius 3 is 2.21 bits per heavy atom. The lowest BCUT2D eigenvalue weighted by atomic mass is 9.97. The van der Waals surface area contributed by atoms with E-state index >= 15 is 0 Å². The highest BCUT2D eigenvalue weighted by atomic mass is 16.5. The fraction of sp³-hybridized carbons (Fsp3) is 0.371. The summed E-state index contributed by atoms with van der Waals surface area (Å²) >= 11 is 0. The van der Waals surface area contributed by atoms with Gasteiger partial charge >= 0.3 is 0 Å². The third-order valence-electron chi connectivity index (χ3n) is 7.33. The number of carbonyl (C=O) groups is 3. The van der Waals surface area contributed by atoms with Crippen molar-refractivity contribution in [2.24, 2.45) is 0 Å². The van der Waals surface area contributed by atoms with Crippen molar-refractivity contribution in [1.82, 2.24) is 20.9 Å². The zero-order valence-electron chi connectivity index (χ0n) is 24.8. The zero-order chi connectivity index (χ0) is 30.1. The van der Waals surface area contributed by atoms with Crippen LogP contribution in [0.15, 0.2) is 84.6 Å². The van der Waals surface area contributed by atoms with Crippen LogP contribution in [0.25, 0.3) is 11.1 Å². The summed E-state index contributed by atoms with van der Waals surface area (Å²) in [5, 5.41) is 8.69. The molecule has 1 heterocycles. The normalized spacial score (nSPS) is 12.6. The van der Waals surface area contributed by atoms with Crippen LogP contribution in [0, 0.1) is 0 Å². The maximum atomic E-state index is 12.3. The number of rotatable bonds is 16. The van der Waals surface area contributed by atoms with Gasteiger partial charge < -0.3 is 20.7 Å². The summed E-state index contributed by atoms with van der Waals surface area (Å²) in [6.45, 7) is 2.11. The lowest BCUT2D eigenvalue weighted by Gasteiger charge is -2.13. The molecule has 1 aliphatic carbocycles. The summed E-state index contributed by atoms with van der Waals surface area (Å²) in [5.74, 6) is 0.482. The number of carbonyl (C=O) groups excluding carboxylic acids is 3. The molecule has 0 unspecified atom stereocenters. The van der Waals surface area contributed by atoms with Gasteiger partial charge in [-0.1, -0.05) is 60.2 Å². The smallest absolute Gasteiger partial charge is 0.226 e. The largest absolute Gasteiger partial charge is 0.494 e. The molecular formula is C35H42N4O4. The second-order valence-electron chi connectivity index (χ2n) is 10.8. The van der Waals surface area contributed by atoms with Crippen molar-refractivity contribution in [3.8, 4) is 16.9 Å². The SMILES string of the molecule is O=C(CCC(=O)NCCC1=CCCCC1)NCCCOc1ccc(-c2ccc(CC(=O)NCc3ccccc3)nc2)cc1. The van der Waals surface area contributed by atoms with Gasteiger partial charge in [0.15, 0.2) is 0 Å². The summed E-state index contributed by atoms with van der Waals surface area (Å²) < 4.78 is 5.81. The van der Waals surface area contributed by atoms with Crippen molar-refractivity contribution in [2.75, 3.05) is 19.7 Å². The Bertz CT molecular complexity index is 1340. The minimum atomic E-state index is -0.123. The first-order valence-electron chi connectivity index (χ1n) is 15.3. The highest BCUT2D eigenvalue weighted by molar-refractivity contribution is 5.83. The number of nitrogens with one attached hydrogen (secondary N) is 3. The fourth-order valence-electron chi connectivity index (χ4n) is 4.85. The molecule has 0 spiro atoms. The molecule has 226 valence electrons. The molecule has 0 atom stereocenters. The van der Waals surface area contributed by atoms with Gasteiger partial charge in [-0.15, -0.1) is 0 Å². The monoisotopic (exact) mass is 582 g/mol. The van der Waals surface area contributed by atoms with Crippen LogP contribution in [0.3, 0.4) is 0 Å². The average molecular weight is 583 g/mol. The number of amides is 3. The Hall–Kier alpha value is -4.46. The molecule has 3 N–H and O–H groups in total. The molecule has 1 aliphatic rings. The van der Waals surface area contributed by atoms with E-state index < -0.39 is 0 Å². The van der Waals surface area contributed by atoms with E-state index in [4.69, 9.17) is 4.74 Å². The molecule has 1 aromatic heterocycles. The third-order valence-corrected chi connectivity index (χ3v) is 7.33. The number of hydrogen-bond donors (Lipinski definition) is 3. The highest BCUT2D eigenvalue weighted by Crippen LogP contribution is 2.22. The van der Waals surface area contributed by atoms with Crippen LogP contribution in [0.2, 0.25) is 0 Å². The van der Waals surface area contributed by atoms with E-state index in [0.717, 1.165) is 41.7 Å². The van der Waals surface area contributed by atoms with Crippen LogP contribution in [0.4, 0.5) is 0 Å². The van der Waals surface area contributed by atoms with Gasteiger partial charge in [0.05, 0.1) is 13.0 Å². The molecule has 8 nitrogen and oxygen atoms in total. The van der Waals surface area contributed by atoms with Gasteiger partial charge in [0, 0.05) is 49.9 Å². The Labute approximate surface area is 254 Å². The number of pyridine rings is 1. The number of hydrogen-bond acceptors (Lipinski definition) is 5. The fourth-order valence-corrected chi connectivity index (χ4v) is 4.85. The summed E-state index contributed by atoms with van der Waals surface area (Å²) in [7, 11) is 0. The topological polar surface area (TPSA) is 109 Å². The van der Waals surface area contributed by atoms with Gasteiger partial charge in [-0.3, -0.25) is 19.4 Å². The molecule has 3 amide bonds. The second kappa shape index (κ2) is 17.5. The van der Waals surface area contributed by atoms with Crippen LogP contribution in [0.1, 0.15) is 62.6 Å². The Morgan fingerprint density at radius 2 is 1.51 bits per heavy atom. The van der Waals surface area contributed by atoms with Crippen molar-refractivity contribution in [3.05, 3.63) is 95.8 Å². The predicted molar refractivity (Wildman–Crippen MR) is 168 cm³/mol. The first-order chi connectivity index (χ1) is 21.0. The maximum Gasteiger partial charge on any atom is 0.226 e. The van der Waals surface area contributed by atoms with Crippen molar-refractivity contribution in [2.45, 2.75) is 64.3 Å². The van der Waals surface area contributed by atoms with E-state index in [9.17, 15) is 14.4 Å². The molecule has 0 radical (unpaired) electrons. The molecule has 43 heavy (non-hydrogen) atoms. The quantitative estimate of drug-likeness (QED) is 0.157.